The van der Waals surface area contributed by atoms with Gasteiger partial charge >= 0.3 is 5.97 Å². The molecule has 0 saturated carbocycles. The van der Waals surface area contributed by atoms with E-state index in [4.69, 9.17) is 4.74 Å². The van der Waals surface area contributed by atoms with E-state index in [1.807, 2.05) is 36.4 Å². The van der Waals surface area contributed by atoms with Gasteiger partial charge in [-0.25, -0.2) is 0 Å². The second kappa shape index (κ2) is 12.5. The summed E-state index contributed by atoms with van der Waals surface area (Å²) >= 11 is 0. The van der Waals surface area contributed by atoms with Gasteiger partial charge in [0.2, 0.25) is 0 Å². The van der Waals surface area contributed by atoms with E-state index in [9.17, 15) is 9.59 Å². The SMILES string of the molecule is CC(=O)c1ccc(C2(CCCCCC(C)C)C(=O)Oc3ccccc32)cc1CCCCCC(C)C. The van der Waals surface area contributed by atoms with Crippen LogP contribution in [-0.4, -0.2) is 11.8 Å². The Hall–Kier alpha value is -2.42. The number of aryl methyl sites for hydroxylation is 1. The van der Waals surface area contributed by atoms with E-state index in [1.54, 1.807) is 6.92 Å². The highest BCUT2D eigenvalue weighted by molar-refractivity contribution is 5.97. The maximum Gasteiger partial charge on any atom is 0.326 e. The summed E-state index contributed by atoms with van der Waals surface area (Å²) in [7, 11) is 0. The number of benzene rings is 2. The lowest BCUT2D eigenvalue weighted by Crippen LogP contribution is -2.35. The molecule has 1 unspecified atom stereocenters. The Labute approximate surface area is 212 Å². The van der Waals surface area contributed by atoms with Gasteiger partial charge in [-0.3, -0.25) is 9.59 Å². The van der Waals surface area contributed by atoms with Crippen LogP contribution in [0.5, 0.6) is 5.75 Å². The molecule has 0 radical (unpaired) electrons. The van der Waals surface area contributed by atoms with E-state index in [0.29, 0.717) is 11.7 Å². The Bertz CT molecular complexity index is 1000. The second-order valence-electron chi connectivity index (χ2n) is 11.2. The van der Waals surface area contributed by atoms with Crippen molar-refractivity contribution in [2.24, 2.45) is 11.8 Å². The van der Waals surface area contributed by atoms with Crippen LogP contribution in [0, 0.1) is 11.8 Å². The Kier molecular flexibility index (Phi) is 9.71. The Morgan fingerprint density at radius 3 is 2.17 bits per heavy atom. The van der Waals surface area contributed by atoms with Crippen molar-refractivity contribution in [2.45, 2.75) is 104 Å². The van der Waals surface area contributed by atoms with Crippen LogP contribution < -0.4 is 4.74 Å². The van der Waals surface area contributed by atoms with Crippen molar-refractivity contribution in [3.05, 3.63) is 64.7 Å². The van der Waals surface area contributed by atoms with Crippen molar-refractivity contribution in [2.75, 3.05) is 0 Å². The summed E-state index contributed by atoms with van der Waals surface area (Å²) < 4.78 is 5.82. The topological polar surface area (TPSA) is 43.4 Å². The number of rotatable bonds is 14. The fourth-order valence-electron chi connectivity index (χ4n) is 5.43. The van der Waals surface area contributed by atoms with Gasteiger partial charge in [0.05, 0.1) is 0 Å². The summed E-state index contributed by atoms with van der Waals surface area (Å²) in [6.07, 6.45) is 10.7. The Morgan fingerprint density at radius 2 is 1.51 bits per heavy atom. The number of para-hydroxylation sites is 1. The van der Waals surface area contributed by atoms with Gasteiger partial charge in [0.25, 0.3) is 0 Å². The molecule has 1 atom stereocenters. The zero-order valence-corrected chi connectivity index (χ0v) is 22.5. The molecule has 1 heterocycles. The number of carbonyl (C=O) groups is 2. The minimum absolute atomic E-state index is 0.0888. The van der Waals surface area contributed by atoms with Gasteiger partial charge in [-0.15, -0.1) is 0 Å². The molecule has 3 rings (SSSR count). The van der Waals surface area contributed by atoms with E-state index < -0.39 is 5.41 Å². The molecule has 2 aromatic rings. The monoisotopic (exact) mass is 476 g/mol. The zero-order valence-electron chi connectivity index (χ0n) is 22.5. The van der Waals surface area contributed by atoms with E-state index in [1.165, 1.54) is 25.7 Å². The zero-order chi connectivity index (χ0) is 25.4. The molecule has 0 bridgehead atoms. The molecular weight excluding hydrogens is 432 g/mol. The fourth-order valence-corrected chi connectivity index (χ4v) is 5.43. The molecule has 1 aliphatic heterocycles. The Balaban J connectivity index is 1.91. The van der Waals surface area contributed by atoms with Crippen molar-refractivity contribution < 1.29 is 14.3 Å². The van der Waals surface area contributed by atoms with Crippen LogP contribution in [0.3, 0.4) is 0 Å². The van der Waals surface area contributed by atoms with Crippen molar-refractivity contribution in [3.63, 3.8) is 0 Å². The number of Topliss-reactive ketones (excluding diaryl/α,β-unsaturated/α-hetero) is 1. The predicted molar refractivity (Wildman–Crippen MR) is 144 cm³/mol. The van der Waals surface area contributed by atoms with Gasteiger partial charge in [-0.2, -0.15) is 0 Å². The lowest BCUT2D eigenvalue weighted by Gasteiger charge is -2.28. The first-order valence-corrected chi connectivity index (χ1v) is 13.7. The van der Waals surface area contributed by atoms with Gasteiger partial charge in [0.15, 0.2) is 5.78 Å². The summed E-state index contributed by atoms with van der Waals surface area (Å²) in [6.45, 7) is 10.7. The van der Waals surface area contributed by atoms with Crippen LogP contribution in [0.4, 0.5) is 0 Å². The van der Waals surface area contributed by atoms with Crippen LogP contribution in [-0.2, 0) is 16.6 Å². The third-order valence-electron chi connectivity index (χ3n) is 7.44. The van der Waals surface area contributed by atoms with E-state index in [2.05, 4.69) is 33.8 Å². The second-order valence-corrected chi connectivity index (χ2v) is 11.2. The molecule has 1 aliphatic rings. The molecule has 0 spiro atoms. The number of fused-ring (bicyclic) bond motifs is 1. The van der Waals surface area contributed by atoms with Crippen molar-refractivity contribution in [1.29, 1.82) is 0 Å². The lowest BCUT2D eigenvalue weighted by atomic mass is 9.71. The van der Waals surface area contributed by atoms with Crippen molar-refractivity contribution in [1.82, 2.24) is 0 Å². The highest BCUT2D eigenvalue weighted by atomic mass is 16.5. The minimum Gasteiger partial charge on any atom is -0.425 e. The quantitative estimate of drug-likeness (QED) is 0.119. The van der Waals surface area contributed by atoms with E-state index in [-0.39, 0.29) is 11.8 Å². The highest BCUT2D eigenvalue weighted by Crippen LogP contribution is 2.48. The first-order valence-electron chi connectivity index (χ1n) is 13.7. The Morgan fingerprint density at radius 1 is 0.857 bits per heavy atom. The first-order chi connectivity index (χ1) is 16.8. The maximum atomic E-state index is 13.5. The van der Waals surface area contributed by atoms with Gasteiger partial charge in [-0.05, 0) is 55.2 Å². The third-order valence-corrected chi connectivity index (χ3v) is 7.44. The molecule has 0 amide bonds. The summed E-state index contributed by atoms with van der Waals surface area (Å²) in [4.78, 5) is 26.0. The number of ketones is 1. The van der Waals surface area contributed by atoms with Crippen LogP contribution in [0.25, 0.3) is 0 Å². The number of ether oxygens (including phenoxy) is 1. The smallest absolute Gasteiger partial charge is 0.326 e. The first kappa shape index (κ1) is 27.2. The average Bonchev–Trinajstić information content (AvgIpc) is 3.10. The third kappa shape index (κ3) is 6.63. The van der Waals surface area contributed by atoms with Gasteiger partial charge in [0.1, 0.15) is 11.2 Å². The van der Waals surface area contributed by atoms with Gasteiger partial charge < -0.3 is 4.74 Å². The fraction of sp³-hybridized carbons (Fsp3) is 0.562. The van der Waals surface area contributed by atoms with Crippen LogP contribution in [0.1, 0.15) is 119 Å². The highest BCUT2D eigenvalue weighted by Gasteiger charge is 2.50. The van der Waals surface area contributed by atoms with Crippen LogP contribution in [0.2, 0.25) is 0 Å². The van der Waals surface area contributed by atoms with E-state index in [0.717, 1.165) is 66.7 Å². The standard InChI is InChI=1S/C32H44O3/c1-23(2)14-8-6-10-16-26-22-27(19-20-28(26)25(5)33)32(21-13-7-9-15-24(3)4)29-17-11-12-18-30(29)35-31(32)34/h11-12,17-20,22-24H,6-10,13-16,21H2,1-5H3. The molecule has 3 nitrogen and oxygen atoms in total. The maximum absolute atomic E-state index is 13.5. The molecule has 3 heteroatoms. The van der Waals surface area contributed by atoms with Crippen LogP contribution >= 0.6 is 0 Å². The van der Waals surface area contributed by atoms with Gasteiger partial charge in [-0.1, -0.05) is 109 Å². The molecular formula is C32H44O3. The molecule has 35 heavy (non-hydrogen) atoms. The number of hydrogen-bond acceptors (Lipinski definition) is 3. The number of unbranched alkanes of at least 4 members (excludes halogenated alkanes) is 4. The van der Waals surface area contributed by atoms with Crippen molar-refractivity contribution >= 4 is 11.8 Å². The molecule has 2 aromatic carbocycles. The minimum atomic E-state index is -0.796. The summed E-state index contributed by atoms with van der Waals surface area (Å²) in [5, 5.41) is 0. The summed E-state index contributed by atoms with van der Waals surface area (Å²) in [5.41, 5.74) is 2.99. The largest absolute Gasteiger partial charge is 0.425 e. The number of hydrogen-bond donors (Lipinski definition) is 0. The normalized spacial score (nSPS) is 17.2. The molecule has 0 fully saturated rings. The number of esters is 1. The summed E-state index contributed by atoms with van der Waals surface area (Å²) in [6, 6.07) is 13.9. The van der Waals surface area contributed by atoms with Crippen LogP contribution in [0.15, 0.2) is 42.5 Å². The van der Waals surface area contributed by atoms with E-state index >= 15 is 0 Å². The van der Waals surface area contributed by atoms with Crippen molar-refractivity contribution in [3.8, 4) is 5.75 Å². The molecule has 190 valence electrons. The van der Waals surface area contributed by atoms with Gasteiger partial charge in [0, 0.05) is 11.1 Å². The molecule has 0 aliphatic carbocycles. The predicted octanol–water partition coefficient (Wildman–Crippen LogP) is 8.46. The molecule has 0 saturated heterocycles. The average molecular weight is 477 g/mol. The molecule has 0 aromatic heterocycles. The lowest BCUT2D eigenvalue weighted by molar-refractivity contribution is -0.137. The summed E-state index contributed by atoms with van der Waals surface area (Å²) in [5.74, 6) is 2.00. The number of carbonyl (C=O) groups excluding carboxylic acids is 2. The molecule has 0 N–H and O–H groups in total.